The fourth-order valence-corrected chi connectivity index (χ4v) is 3.18. The summed E-state index contributed by atoms with van der Waals surface area (Å²) in [6.45, 7) is 9.74. The Hall–Kier alpha value is 0. The van der Waals surface area contributed by atoms with Crippen LogP contribution in [0.1, 0.15) is 34.1 Å². The van der Waals surface area contributed by atoms with Crippen molar-refractivity contribution in [1.29, 1.82) is 0 Å². The van der Waals surface area contributed by atoms with E-state index in [4.69, 9.17) is 0 Å². The number of rotatable bonds is 0. The third-order valence-corrected chi connectivity index (χ3v) is 4.32. The largest absolute Gasteiger partial charge is 0.0620 e. The molecule has 0 bridgehead atoms. The maximum atomic E-state index is 2.45. The van der Waals surface area contributed by atoms with Gasteiger partial charge in [-0.2, -0.15) is 0 Å². The molecule has 0 amide bonds. The van der Waals surface area contributed by atoms with Gasteiger partial charge in [0, 0.05) is 0 Å². The van der Waals surface area contributed by atoms with E-state index < -0.39 is 0 Å². The van der Waals surface area contributed by atoms with Gasteiger partial charge in [0.2, 0.25) is 0 Å². The Balaban J connectivity index is 2.19. The van der Waals surface area contributed by atoms with E-state index in [9.17, 15) is 0 Å². The van der Waals surface area contributed by atoms with Crippen LogP contribution in [0.25, 0.3) is 0 Å². The Morgan fingerprint density at radius 1 is 1.20 bits per heavy atom. The molecule has 0 N–H and O–H groups in total. The van der Waals surface area contributed by atoms with Crippen LogP contribution in [-0.2, 0) is 0 Å². The molecule has 0 heteroatoms. The molecule has 2 fully saturated rings. The van der Waals surface area contributed by atoms with E-state index in [-0.39, 0.29) is 0 Å². The molecule has 58 valence electrons. The number of hydrogen-bond donors (Lipinski definition) is 0. The molecule has 0 saturated heterocycles. The van der Waals surface area contributed by atoms with Crippen LogP contribution in [0.4, 0.5) is 0 Å². The van der Waals surface area contributed by atoms with Crippen molar-refractivity contribution in [2.24, 2.45) is 29.1 Å². The predicted octanol–water partition coefficient (Wildman–Crippen LogP) is 2.93. The Morgan fingerprint density at radius 2 is 1.80 bits per heavy atom. The molecular weight excluding hydrogens is 120 g/mol. The molecule has 0 aliphatic heterocycles. The Labute approximate surface area is 64.0 Å². The van der Waals surface area contributed by atoms with Crippen molar-refractivity contribution < 1.29 is 0 Å². The molecule has 0 radical (unpaired) electrons. The first-order valence-electron chi connectivity index (χ1n) is 4.55. The smallest absolute Gasteiger partial charge is 0.0295 e. The number of fused-ring (bicyclic) bond motifs is 1. The topological polar surface area (TPSA) is 0 Å². The van der Waals surface area contributed by atoms with Crippen molar-refractivity contribution in [1.82, 2.24) is 0 Å². The molecule has 4 atom stereocenters. The van der Waals surface area contributed by atoms with Gasteiger partial charge in [-0.05, 0) is 35.5 Å². The minimum atomic E-state index is 0.657. The van der Waals surface area contributed by atoms with Gasteiger partial charge in [0.15, 0.2) is 0 Å². The van der Waals surface area contributed by atoms with Gasteiger partial charge in [0.05, 0.1) is 0 Å². The van der Waals surface area contributed by atoms with Gasteiger partial charge in [-0.1, -0.05) is 27.7 Å². The van der Waals surface area contributed by atoms with Crippen molar-refractivity contribution in [3.05, 3.63) is 0 Å². The van der Waals surface area contributed by atoms with Crippen LogP contribution in [0.5, 0.6) is 0 Å². The second-order valence-corrected chi connectivity index (χ2v) is 5.01. The van der Waals surface area contributed by atoms with Gasteiger partial charge < -0.3 is 0 Å². The zero-order valence-electron chi connectivity index (χ0n) is 7.52. The molecule has 2 rings (SSSR count). The molecule has 10 heavy (non-hydrogen) atoms. The van der Waals surface area contributed by atoms with Crippen molar-refractivity contribution in [3.8, 4) is 0 Å². The van der Waals surface area contributed by atoms with Gasteiger partial charge in [-0.3, -0.25) is 0 Å². The Bertz CT molecular complexity index is 157. The summed E-state index contributed by atoms with van der Waals surface area (Å²) in [7, 11) is 0. The molecule has 0 heterocycles. The first-order valence-corrected chi connectivity index (χ1v) is 4.55. The standard InChI is InChI=1S/C10H18/c1-6-5-8-7(2)9(8)10(6,3)4/h6-9H,5H2,1-4H3. The second kappa shape index (κ2) is 1.60. The van der Waals surface area contributed by atoms with Crippen molar-refractivity contribution >= 4 is 0 Å². The van der Waals surface area contributed by atoms with Crippen molar-refractivity contribution in [3.63, 3.8) is 0 Å². The quantitative estimate of drug-likeness (QED) is 0.483. The van der Waals surface area contributed by atoms with Crippen LogP contribution in [0.15, 0.2) is 0 Å². The third kappa shape index (κ3) is 0.580. The fourth-order valence-electron chi connectivity index (χ4n) is 3.18. The van der Waals surface area contributed by atoms with E-state index in [0.29, 0.717) is 5.41 Å². The van der Waals surface area contributed by atoms with Crippen LogP contribution in [-0.4, -0.2) is 0 Å². The normalized spacial score (nSPS) is 56.4. The first kappa shape index (κ1) is 6.69. The zero-order chi connectivity index (χ0) is 7.52. The molecule has 2 aliphatic rings. The van der Waals surface area contributed by atoms with E-state index in [0.717, 1.165) is 23.7 Å². The maximum Gasteiger partial charge on any atom is -0.0295 e. The van der Waals surface area contributed by atoms with Gasteiger partial charge in [0.1, 0.15) is 0 Å². The SMILES string of the molecule is CC1C2CC(C)C(C)(C)C12. The monoisotopic (exact) mass is 138 g/mol. The average Bonchev–Trinajstić information content (AvgIpc) is 2.34. The van der Waals surface area contributed by atoms with E-state index in [1.807, 2.05) is 0 Å². The predicted molar refractivity (Wildman–Crippen MR) is 43.7 cm³/mol. The fraction of sp³-hybridized carbons (Fsp3) is 1.00. The number of hydrogen-bond acceptors (Lipinski definition) is 0. The van der Waals surface area contributed by atoms with Gasteiger partial charge in [0.25, 0.3) is 0 Å². The molecule has 2 aliphatic carbocycles. The highest BCUT2D eigenvalue weighted by atomic mass is 14.7. The second-order valence-electron chi connectivity index (χ2n) is 5.01. The first-order chi connectivity index (χ1) is 4.55. The van der Waals surface area contributed by atoms with Gasteiger partial charge in [-0.15, -0.1) is 0 Å². The summed E-state index contributed by atoms with van der Waals surface area (Å²) >= 11 is 0. The lowest BCUT2D eigenvalue weighted by Gasteiger charge is -2.28. The molecule has 2 saturated carbocycles. The minimum absolute atomic E-state index is 0.657. The third-order valence-electron chi connectivity index (χ3n) is 4.32. The lowest BCUT2D eigenvalue weighted by Crippen LogP contribution is -2.20. The molecule has 0 spiro atoms. The molecular formula is C10H18. The Morgan fingerprint density at radius 3 is 2.10 bits per heavy atom. The van der Waals surface area contributed by atoms with Crippen LogP contribution < -0.4 is 0 Å². The maximum absolute atomic E-state index is 2.45. The van der Waals surface area contributed by atoms with Crippen LogP contribution in [0, 0.1) is 29.1 Å². The lowest BCUT2D eigenvalue weighted by molar-refractivity contribution is 0.213. The molecule has 0 nitrogen and oxygen atoms in total. The minimum Gasteiger partial charge on any atom is -0.0620 e. The van der Waals surface area contributed by atoms with E-state index in [1.54, 1.807) is 0 Å². The molecule has 0 aromatic carbocycles. The Kier molecular flexibility index (Phi) is 1.07. The summed E-state index contributed by atoms with van der Waals surface area (Å²) in [6.07, 6.45) is 1.50. The summed E-state index contributed by atoms with van der Waals surface area (Å²) < 4.78 is 0. The highest BCUT2D eigenvalue weighted by Gasteiger charge is 2.61. The summed E-state index contributed by atoms with van der Waals surface area (Å²) in [5, 5.41) is 0. The van der Waals surface area contributed by atoms with Crippen molar-refractivity contribution in [2.45, 2.75) is 34.1 Å². The molecule has 4 unspecified atom stereocenters. The summed E-state index contributed by atoms with van der Waals surface area (Å²) in [6, 6.07) is 0. The zero-order valence-corrected chi connectivity index (χ0v) is 7.52. The summed E-state index contributed by atoms with van der Waals surface area (Å²) in [4.78, 5) is 0. The van der Waals surface area contributed by atoms with Crippen LogP contribution in [0.3, 0.4) is 0 Å². The summed E-state index contributed by atoms with van der Waals surface area (Å²) in [5.41, 5.74) is 0.657. The van der Waals surface area contributed by atoms with Crippen LogP contribution in [0.2, 0.25) is 0 Å². The van der Waals surface area contributed by atoms with E-state index in [2.05, 4.69) is 27.7 Å². The molecule has 0 aromatic heterocycles. The highest BCUT2D eigenvalue weighted by molar-refractivity contribution is 5.09. The lowest BCUT2D eigenvalue weighted by atomic mass is 9.77. The summed E-state index contributed by atoms with van der Waals surface area (Å²) in [5.74, 6) is 4.19. The van der Waals surface area contributed by atoms with Gasteiger partial charge >= 0.3 is 0 Å². The van der Waals surface area contributed by atoms with Gasteiger partial charge in [-0.25, -0.2) is 0 Å². The van der Waals surface area contributed by atoms with E-state index >= 15 is 0 Å². The van der Waals surface area contributed by atoms with Crippen molar-refractivity contribution in [2.75, 3.05) is 0 Å². The average molecular weight is 138 g/mol. The van der Waals surface area contributed by atoms with Crippen LogP contribution >= 0.6 is 0 Å². The van der Waals surface area contributed by atoms with E-state index in [1.165, 1.54) is 6.42 Å². The molecule has 0 aromatic rings. The highest BCUT2D eigenvalue weighted by Crippen LogP contribution is 2.67.